The Morgan fingerprint density at radius 2 is 1.77 bits per heavy atom. The Morgan fingerprint density at radius 1 is 1.18 bits per heavy atom. The van der Waals surface area contributed by atoms with Gasteiger partial charge in [-0.1, -0.05) is 31.5 Å². The van der Waals surface area contributed by atoms with Crippen molar-refractivity contribution in [3.63, 3.8) is 0 Å². The molecule has 0 fully saturated rings. The molecule has 0 aliphatic heterocycles. The van der Waals surface area contributed by atoms with Crippen LogP contribution in [-0.4, -0.2) is 13.0 Å². The average Bonchev–Trinajstić information content (AvgIpc) is 2.74. The van der Waals surface area contributed by atoms with Crippen LogP contribution in [0.3, 0.4) is 0 Å². The highest BCUT2D eigenvalue weighted by Gasteiger charge is 2.16. The van der Waals surface area contributed by atoms with Crippen molar-refractivity contribution in [2.45, 2.75) is 52.0 Å². The minimum Gasteiger partial charge on any atom is -0.320 e. The molecule has 1 heterocycles. The number of sulfonamides is 1. The SMILES string of the molecule is CCn1c(C)c(C(C)C)sc1=NS(=O)(=O)c1ccc(C)cc1. The Hall–Kier alpha value is -1.40. The largest absolute Gasteiger partial charge is 0.320 e. The Labute approximate surface area is 136 Å². The molecule has 0 saturated heterocycles. The van der Waals surface area contributed by atoms with Crippen LogP contribution in [0.5, 0.6) is 0 Å². The fourth-order valence-corrected chi connectivity index (χ4v) is 4.75. The van der Waals surface area contributed by atoms with E-state index in [0.29, 0.717) is 17.3 Å². The molecule has 0 aliphatic carbocycles. The maximum atomic E-state index is 12.5. The molecule has 1 aromatic heterocycles. The van der Waals surface area contributed by atoms with E-state index in [9.17, 15) is 8.42 Å². The molecular formula is C16H22N2O2S2. The van der Waals surface area contributed by atoms with Gasteiger partial charge in [-0.2, -0.15) is 8.42 Å². The van der Waals surface area contributed by atoms with Crippen LogP contribution in [0, 0.1) is 13.8 Å². The van der Waals surface area contributed by atoms with E-state index in [1.807, 2.05) is 25.3 Å². The summed E-state index contributed by atoms with van der Waals surface area (Å²) in [5.74, 6) is 0.355. The molecule has 120 valence electrons. The molecule has 22 heavy (non-hydrogen) atoms. The van der Waals surface area contributed by atoms with Gasteiger partial charge in [-0.15, -0.1) is 15.7 Å². The Kier molecular flexibility index (Phi) is 4.92. The van der Waals surface area contributed by atoms with Crippen LogP contribution in [0.1, 0.15) is 42.8 Å². The summed E-state index contributed by atoms with van der Waals surface area (Å²) in [6.07, 6.45) is 0. The third kappa shape index (κ3) is 3.33. The molecule has 0 bridgehead atoms. The molecule has 0 atom stereocenters. The van der Waals surface area contributed by atoms with Crippen LogP contribution in [0.4, 0.5) is 0 Å². The number of thiazole rings is 1. The van der Waals surface area contributed by atoms with E-state index in [1.165, 1.54) is 16.2 Å². The van der Waals surface area contributed by atoms with Gasteiger partial charge in [0.05, 0.1) is 4.90 Å². The van der Waals surface area contributed by atoms with Gasteiger partial charge in [-0.05, 0) is 38.8 Å². The van der Waals surface area contributed by atoms with Crippen LogP contribution in [0.25, 0.3) is 0 Å². The van der Waals surface area contributed by atoms with E-state index in [4.69, 9.17) is 0 Å². The minimum absolute atomic E-state index is 0.234. The van der Waals surface area contributed by atoms with Crippen LogP contribution in [0.15, 0.2) is 33.6 Å². The summed E-state index contributed by atoms with van der Waals surface area (Å²) in [5, 5.41) is 0. The number of rotatable bonds is 4. The quantitative estimate of drug-likeness (QED) is 0.855. The van der Waals surface area contributed by atoms with Crippen molar-refractivity contribution in [1.82, 2.24) is 4.57 Å². The monoisotopic (exact) mass is 338 g/mol. The van der Waals surface area contributed by atoms with Crippen LogP contribution in [-0.2, 0) is 16.6 Å². The maximum Gasteiger partial charge on any atom is 0.285 e. The van der Waals surface area contributed by atoms with Crippen LogP contribution < -0.4 is 4.80 Å². The van der Waals surface area contributed by atoms with Crippen molar-refractivity contribution in [2.24, 2.45) is 4.40 Å². The zero-order chi connectivity index (χ0) is 16.5. The molecule has 0 aliphatic rings. The number of hydrogen-bond donors (Lipinski definition) is 0. The van der Waals surface area contributed by atoms with E-state index in [2.05, 4.69) is 18.2 Å². The number of hydrogen-bond acceptors (Lipinski definition) is 3. The molecule has 0 amide bonds. The molecular weight excluding hydrogens is 316 g/mol. The lowest BCUT2D eigenvalue weighted by Gasteiger charge is -2.05. The van der Waals surface area contributed by atoms with Gasteiger partial charge in [-0.25, -0.2) is 0 Å². The van der Waals surface area contributed by atoms with Crippen molar-refractivity contribution in [3.8, 4) is 0 Å². The van der Waals surface area contributed by atoms with E-state index in [1.54, 1.807) is 24.3 Å². The third-order valence-corrected chi connectivity index (χ3v) is 6.43. The lowest BCUT2D eigenvalue weighted by Crippen LogP contribution is -2.17. The first-order valence-electron chi connectivity index (χ1n) is 7.34. The Morgan fingerprint density at radius 3 is 2.27 bits per heavy atom. The normalized spacial score (nSPS) is 13.1. The molecule has 0 N–H and O–H groups in total. The first kappa shape index (κ1) is 17.0. The minimum atomic E-state index is -3.68. The molecule has 0 radical (unpaired) electrons. The van der Waals surface area contributed by atoms with Crippen molar-refractivity contribution >= 4 is 21.4 Å². The van der Waals surface area contributed by atoms with Gasteiger partial charge in [0.2, 0.25) is 4.80 Å². The molecule has 0 unspecified atom stereocenters. The van der Waals surface area contributed by atoms with Crippen molar-refractivity contribution in [1.29, 1.82) is 0 Å². The van der Waals surface area contributed by atoms with Gasteiger partial charge in [0.15, 0.2) is 0 Å². The zero-order valence-electron chi connectivity index (χ0n) is 13.6. The predicted octanol–water partition coefficient (Wildman–Crippen LogP) is 3.60. The summed E-state index contributed by atoms with van der Waals surface area (Å²) in [5.41, 5.74) is 2.12. The summed E-state index contributed by atoms with van der Waals surface area (Å²) >= 11 is 1.46. The smallest absolute Gasteiger partial charge is 0.285 e. The number of nitrogens with zero attached hydrogens (tertiary/aromatic N) is 2. The Balaban J connectivity index is 2.62. The van der Waals surface area contributed by atoms with Crippen LogP contribution in [0.2, 0.25) is 0 Å². The fraction of sp³-hybridized carbons (Fsp3) is 0.438. The highest BCUT2D eigenvalue weighted by molar-refractivity contribution is 7.90. The molecule has 4 nitrogen and oxygen atoms in total. The lowest BCUT2D eigenvalue weighted by atomic mass is 10.1. The highest BCUT2D eigenvalue weighted by Crippen LogP contribution is 2.22. The average molecular weight is 338 g/mol. The summed E-state index contributed by atoms with van der Waals surface area (Å²) in [6.45, 7) is 10.9. The topological polar surface area (TPSA) is 51.4 Å². The summed E-state index contributed by atoms with van der Waals surface area (Å²) in [4.78, 5) is 1.96. The lowest BCUT2D eigenvalue weighted by molar-refractivity contribution is 0.595. The summed E-state index contributed by atoms with van der Waals surface area (Å²) in [6, 6.07) is 6.79. The van der Waals surface area contributed by atoms with Gasteiger partial charge in [0.1, 0.15) is 0 Å². The second-order valence-corrected chi connectivity index (χ2v) is 8.23. The van der Waals surface area contributed by atoms with Gasteiger partial charge < -0.3 is 4.57 Å². The standard InChI is InChI=1S/C16H22N2O2S2/c1-6-18-13(5)15(11(2)3)21-16(18)17-22(19,20)14-9-7-12(4)8-10-14/h7-11H,6H2,1-5H3. The highest BCUT2D eigenvalue weighted by atomic mass is 32.2. The summed E-state index contributed by atoms with van der Waals surface area (Å²) in [7, 11) is -3.68. The molecule has 2 rings (SSSR count). The molecule has 1 aromatic carbocycles. The molecule has 0 saturated carbocycles. The van der Waals surface area contributed by atoms with E-state index < -0.39 is 10.0 Å². The zero-order valence-corrected chi connectivity index (χ0v) is 15.3. The second-order valence-electron chi connectivity index (χ2n) is 5.61. The van der Waals surface area contributed by atoms with Gasteiger partial charge in [0.25, 0.3) is 10.0 Å². The second kappa shape index (κ2) is 6.38. The van der Waals surface area contributed by atoms with Crippen LogP contribution >= 0.6 is 11.3 Å². The van der Waals surface area contributed by atoms with Gasteiger partial charge in [0, 0.05) is 17.1 Å². The van der Waals surface area contributed by atoms with Crippen molar-refractivity contribution in [2.75, 3.05) is 0 Å². The van der Waals surface area contributed by atoms with Gasteiger partial charge in [-0.3, -0.25) is 0 Å². The van der Waals surface area contributed by atoms with E-state index in [-0.39, 0.29) is 4.90 Å². The molecule has 0 spiro atoms. The first-order valence-corrected chi connectivity index (χ1v) is 9.59. The van der Waals surface area contributed by atoms with E-state index >= 15 is 0 Å². The predicted molar refractivity (Wildman–Crippen MR) is 90.7 cm³/mol. The fourth-order valence-electron chi connectivity index (χ4n) is 2.35. The number of aromatic nitrogens is 1. The van der Waals surface area contributed by atoms with Crippen molar-refractivity contribution < 1.29 is 8.42 Å². The van der Waals surface area contributed by atoms with Crippen molar-refractivity contribution in [3.05, 3.63) is 45.2 Å². The van der Waals surface area contributed by atoms with E-state index in [0.717, 1.165) is 11.3 Å². The van der Waals surface area contributed by atoms with Gasteiger partial charge >= 0.3 is 0 Å². The number of aryl methyl sites for hydroxylation is 1. The third-order valence-electron chi connectivity index (χ3n) is 3.55. The maximum absolute atomic E-state index is 12.5. The summed E-state index contributed by atoms with van der Waals surface area (Å²) < 4.78 is 31.0. The number of benzene rings is 1. The Bertz CT molecular complexity index is 826. The first-order chi connectivity index (χ1) is 10.3. The molecule has 2 aromatic rings. The molecule has 6 heteroatoms.